The fraction of sp³-hybridized carbons (Fsp3) is 0.857. The van der Waals surface area contributed by atoms with Crippen LogP contribution in [0.5, 0.6) is 0 Å². The molecule has 0 saturated heterocycles. The van der Waals surface area contributed by atoms with Crippen LogP contribution in [0.15, 0.2) is 0 Å². The minimum absolute atomic E-state index is 0.0574. The molecule has 14 heavy (non-hydrogen) atoms. The highest BCUT2D eigenvalue weighted by molar-refractivity contribution is 5.91. The van der Waals surface area contributed by atoms with E-state index in [4.69, 9.17) is 5.11 Å². The van der Waals surface area contributed by atoms with E-state index in [-0.39, 0.29) is 6.42 Å². The highest BCUT2D eigenvalue weighted by Crippen LogP contribution is 2.31. The number of halogens is 5. The molecule has 0 aliphatic carbocycles. The number of rotatable bonds is 4. The van der Waals surface area contributed by atoms with Gasteiger partial charge in [0.05, 0.1) is 0 Å². The van der Waals surface area contributed by atoms with Gasteiger partial charge in [-0.05, 0) is 6.42 Å². The zero-order valence-corrected chi connectivity index (χ0v) is 7.24. The van der Waals surface area contributed by atoms with Crippen LogP contribution < -0.4 is 0 Å². The molecule has 1 atom stereocenters. The van der Waals surface area contributed by atoms with E-state index in [1.165, 1.54) is 6.92 Å². The van der Waals surface area contributed by atoms with Gasteiger partial charge in [-0.3, -0.25) is 4.79 Å². The number of alkyl halides is 5. The molecular weight excluding hydrogens is 211 g/mol. The van der Waals surface area contributed by atoms with Crippen LogP contribution in [0, 0.1) is 0 Å². The highest BCUT2D eigenvalue weighted by atomic mass is 19.4. The van der Waals surface area contributed by atoms with E-state index in [9.17, 15) is 26.7 Å². The van der Waals surface area contributed by atoms with Crippen molar-refractivity contribution < 1.29 is 31.9 Å². The Morgan fingerprint density at radius 3 is 2.00 bits per heavy atom. The zero-order valence-electron chi connectivity index (χ0n) is 7.24. The standard InChI is InChI=1S/C7H9F5O2/c1-2-3-4(13)6(8,9)5(14)7(10,11)12/h4,13H,2-3H2,1H3/t4-/m0/s1. The van der Waals surface area contributed by atoms with Gasteiger partial charge >= 0.3 is 17.9 Å². The number of aliphatic hydroxyl groups is 1. The Kier molecular flexibility index (Phi) is 3.99. The molecule has 0 unspecified atom stereocenters. The molecule has 0 aromatic rings. The fourth-order valence-corrected chi connectivity index (χ4v) is 0.795. The minimum Gasteiger partial charge on any atom is -0.386 e. The van der Waals surface area contributed by atoms with Gasteiger partial charge in [-0.15, -0.1) is 0 Å². The van der Waals surface area contributed by atoms with Crippen molar-refractivity contribution in [3.63, 3.8) is 0 Å². The van der Waals surface area contributed by atoms with Crippen molar-refractivity contribution >= 4 is 5.78 Å². The maximum Gasteiger partial charge on any atom is 0.456 e. The van der Waals surface area contributed by atoms with Crippen LogP contribution in [-0.4, -0.2) is 29.1 Å². The third kappa shape index (κ3) is 2.90. The molecule has 1 N–H and O–H groups in total. The van der Waals surface area contributed by atoms with Gasteiger partial charge in [0.25, 0.3) is 0 Å². The van der Waals surface area contributed by atoms with Gasteiger partial charge < -0.3 is 5.11 Å². The van der Waals surface area contributed by atoms with Crippen LogP contribution >= 0.6 is 0 Å². The summed E-state index contributed by atoms with van der Waals surface area (Å²) in [7, 11) is 0. The second kappa shape index (κ2) is 4.20. The molecule has 0 aromatic carbocycles. The first-order valence-electron chi connectivity index (χ1n) is 3.81. The summed E-state index contributed by atoms with van der Waals surface area (Å²) in [5.74, 6) is -7.96. The van der Waals surface area contributed by atoms with Crippen molar-refractivity contribution in [2.24, 2.45) is 0 Å². The van der Waals surface area contributed by atoms with E-state index in [2.05, 4.69) is 0 Å². The lowest BCUT2D eigenvalue weighted by Gasteiger charge is -2.21. The molecule has 2 nitrogen and oxygen atoms in total. The van der Waals surface area contributed by atoms with Gasteiger partial charge in [0.2, 0.25) is 0 Å². The number of Topliss-reactive ketones (excluding diaryl/α,β-unsaturated/α-hetero) is 1. The molecule has 0 bridgehead atoms. The third-order valence-electron chi connectivity index (χ3n) is 1.54. The fourth-order valence-electron chi connectivity index (χ4n) is 0.795. The highest BCUT2D eigenvalue weighted by Gasteiger charge is 2.58. The Hall–Kier alpha value is -0.720. The summed E-state index contributed by atoms with van der Waals surface area (Å²) in [5, 5.41) is 8.64. The Balaban J connectivity index is 4.69. The third-order valence-corrected chi connectivity index (χ3v) is 1.54. The summed E-state index contributed by atoms with van der Waals surface area (Å²) in [6.45, 7) is 1.40. The Morgan fingerprint density at radius 1 is 1.29 bits per heavy atom. The van der Waals surface area contributed by atoms with E-state index in [0.717, 1.165) is 0 Å². The molecule has 0 amide bonds. The molecule has 84 valence electrons. The van der Waals surface area contributed by atoms with Crippen LogP contribution in [0.1, 0.15) is 19.8 Å². The summed E-state index contributed by atoms with van der Waals surface area (Å²) >= 11 is 0. The number of ketones is 1. The molecule has 0 spiro atoms. The van der Waals surface area contributed by atoms with Crippen molar-refractivity contribution in [2.75, 3.05) is 0 Å². The van der Waals surface area contributed by atoms with Crippen LogP contribution in [0.25, 0.3) is 0 Å². The van der Waals surface area contributed by atoms with Crippen molar-refractivity contribution in [2.45, 2.75) is 38.0 Å². The van der Waals surface area contributed by atoms with Gasteiger partial charge in [0, 0.05) is 0 Å². The summed E-state index contributed by atoms with van der Waals surface area (Å²) in [6.07, 6.45) is -8.71. The molecule has 0 aliphatic rings. The minimum atomic E-state index is -5.63. The molecular formula is C7H9F5O2. The Bertz CT molecular complexity index is 211. The molecule has 0 aromatic heterocycles. The number of hydrogen-bond donors (Lipinski definition) is 1. The van der Waals surface area contributed by atoms with E-state index in [1.807, 2.05) is 0 Å². The molecule has 7 heteroatoms. The molecule has 0 saturated carbocycles. The van der Waals surface area contributed by atoms with Crippen LogP contribution in [0.2, 0.25) is 0 Å². The van der Waals surface area contributed by atoms with Crippen molar-refractivity contribution in [1.29, 1.82) is 0 Å². The lowest BCUT2D eigenvalue weighted by molar-refractivity contribution is -0.208. The number of aliphatic hydroxyl groups excluding tert-OH is 1. The van der Waals surface area contributed by atoms with E-state index in [1.54, 1.807) is 0 Å². The Morgan fingerprint density at radius 2 is 1.71 bits per heavy atom. The average Bonchev–Trinajstić information content (AvgIpc) is 2.01. The lowest BCUT2D eigenvalue weighted by atomic mass is 10.0. The van der Waals surface area contributed by atoms with Gasteiger partial charge in [-0.2, -0.15) is 22.0 Å². The lowest BCUT2D eigenvalue weighted by Crippen LogP contribution is -2.48. The van der Waals surface area contributed by atoms with Crippen molar-refractivity contribution in [3.05, 3.63) is 0 Å². The summed E-state index contributed by atoms with van der Waals surface area (Å²) in [5.41, 5.74) is 0. The first-order chi connectivity index (χ1) is 6.14. The van der Waals surface area contributed by atoms with E-state index >= 15 is 0 Å². The van der Waals surface area contributed by atoms with Crippen molar-refractivity contribution in [1.82, 2.24) is 0 Å². The first-order valence-corrected chi connectivity index (χ1v) is 3.81. The topological polar surface area (TPSA) is 37.3 Å². The number of carbonyl (C=O) groups excluding carboxylic acids is 1. The Labute approximate surface area is 76.7 Å². The van der Waals surface area contributed by atoms with E-state index < -0.39 is 30.4 Å². The first kappa shape index (κ1) is 13.3. The van der Waals surface area contributed by atoms with Crippen LogP contribution in [-0.2, 0) is 4.79 Å². The molecule has 0 heterocycles. The maximum absolute atomic E-state index is 12.6. The van der Waals surface area contributed by atoms with Crippen LogP contribution in [0.3, 0.4) is 0 Å². The zero-order chi connectivity index (χ0) is 11.6. The number of carbonyl (C=O) groups is 1. The summed E-state index contributed by atoms with van der Waals surface area (Å²) in [4.78, 5) is 10.2. The predicted octanol–water partition coefficient (Wildman–Crippen LogP) is 1.91. The molecule has 0 rings (SSSR count). The average molecular weight is 220 g/mol. The van der Waals surface area contributed by atoms with Crippen LogP contribution in [0.4, 0.5) is 22.0 Å². The SMILES string of the molecule is CCC[C@H](O)C(F)(F)C(=O)C(F)(F)F. The second-order valence-electron chi connectivity index (χ2n) is 2.75. The maximum atomic E-state index is 12.6. The van der Waals surface area contributed by atoms with E-state index in [0.29, 0.717) is 0 Å². The molecule has 0 radical (unpaired) electrons. The second-order valence-corrected chi connectivity index (χ2v) is 2.75. The smallest absolute Gasteiger partial charge is 0.386 e. The normalized spacial score (nSPS) is 15.4. The summed E-state index contributed by atoms with van der Waals surface area (Å²) < 4.78 is 60.0. The molecule has 0 fully saturated rings. The monoisotopic (exact) mass is 220 g/mol. The van der Waals surface area contributed by atoms with Gasteiger partial charge in [-0.25, -0.2) is 0 Å². The molecule has 0 aliphatic heterocycles. The van der Waals surface area contributed by atoms with Crippen molar-refractivity contribution in [3.8, 4) is 0 Å². The van der Waals surface area contributed by atoms with Gasteiger partial charge in [-0.1, -0.05) is 13.3 Å². The largest absolute Gasteiger partial charge is 0.456 e. The summed E-state index contributed by atoms with van der Waals surface area (Å²) in [6, 6.07) is 0. The van der Waals surface area contributed by atoms with Gasteiger partial charge in [0.1, 0.15) is 6.10 Å². The quantitative estimate of drug-likeness (QED) is 0.735. The number of hydrogen-bond acceptors (Lipinski definition) is 2. The van der Waals surface area contributed by atoms with Gasteiger partial charge in [0.15, 0.2) is 0 Å². The predicted molar refractivity (Wildman–Crippen MR) is 36.9 cm³/mol.